The zero-order chi connectivity index (χ0) is 8.27. The van der Waals surface area contributed by atoms with Gasteiger partial charge in [-0.3, -0.25) is 0 Å². The summed E-state index contributed by atoms with van der Waals surface area (Å²) in [6, 6.07) is 0. The lowest BCUT2D eigenvalue weighted by molar-refractivity contribution is 0.146. The molecule has 1 heterocycles. The summed E-state index contributed by atoms with van der Waals surface area (Å²) >= 11 is 1.66. The lowest BCUT2D eigenvalue weighted by atomic mass is 10.3. The molecule has 4 heteroatoms. The predicted molar refractivity (Wildman–Crippen MR) is 48.6 cm³/mol. The molecule has 1 rings (SSSR count). The number of rotatable bonds is 2. The van der Waals surface area contributed by atoms with Gasteiger partial charge < -0.3 is 10.5 Å². The van der Waals surface area contributed by atoms with E-state index in [4.69, 9.17) is 10.5 Å². The smallest absolute Gasteiger partial charge is 0.110 e. The molecule has 0 aromatic carbocycles. The van der Waals surface area contributed by atoms with Gasteiger partial charge in [-0.05, 0) is 12.3 Å². The highest BCUT2D eigenvalue weighted by molar-refractivity contribution is 8.02. The number of hydrogen-bond donors (Lipinski definition) is 1. The van der Waals surface area contributed by atoms with E-state index in [9.17, 15) is 0 Å². The number of hydrogen-bond acceptors (Lipinski definition) is 4. The number of ether oxygens (including phenoxy) is 1. The fourth-order valence-corrected chi connectivity index (χ4v) is 1.48. The maximum absolute atomic E-state index is 5.55. The van der Waals surface area contributed by atoms with E-state index in [2.05, 4.69) is 4.99 Å². The molecule has 0 aromatic heterocycles. The van der Waals surface area contributed by atoms with E-state index in [1.807, 2.05) is 12.3 Å². The van der Waals surface area contributed by atoms with Gasteiger partial charge in [-0.15, -0.1) is 11.8 Å². The molecule has 1 atom stereocenters. The number of thioether (sulfide) groups is 1. The van der Waals surface area contributed by atoms with Crippen molar-refractivity contribution in [2.75, 3.05) is 12.9 Å². The SMILES string of the molecule is COC(C)C1=CSCC(N)=N1. The Balaban J connectivity index is 2.65. The second kappa shape index (κ2) is 3.78. The van der Waals surface area contributed by atoms with Crippen LogP contribution in [0.3, 0.4) is 0 Å². The van der Waals surface area contributed by atoms with Gasteiger partial charge in [-0.2, -0.15) is 0 Å². The molecule has 11 heavy (non-hydrogen) atoms. The van der Waals surface area contributed by atoms with Gasteiger partial charge in [-0.25, -0.2) is 4.99 Å². The Morgan fingerprint density at radius 3 is 3.09 bits per heavy atom. The first kappa shape index (κ1) is 8.62. The standard InChI is InChI=1S/C7H12N2OS/c1-5(10-2)6-3-11-4-7(8)9-6/h3,5H,4H2,1-2H3,(H2,8,9). The number of nitrogens with two attached hydrogens (primary N) is 1. The molecule has 1 aliphatic rings. The summed E-state index contributed by atoms with van der Waals surface area (Å²) < 4.78 is 5.09. The third-order valence-corrected chi connectivity index (χ3v) is 2.35. The number of aliphatic imine (C=N–C) groups is 1. The van der Waals surface area contributed by atoms with Crippen LogP contribution in [0, 0.1) is 0 Å². The third-order valence-electron chi connectivity index (χ3n) is 1.48. The van der Waals surface area contributed by atoms with Crippen molar-refractivity contribution < 1.29 is 4.74 Å². The lowest BCUT2D eigenvalue weighted by Crippen LogP contribution is -2.20. The van der Waals surface area contributed by atoms with Gasteiger partial charge in [0.1, 0.15) is 5.84 Å². The van der Waals surface area contributed by atoms with Crippen LogP contribution in [0.4, 0.5) is 0 Å². The summed E-state index contributed by atoms with van der Waals surface area (Å²) in [6.07, 6.45) is 0.0429. The average Bonchev–Trinajstić information content (AvgIpc) is 2.03. The molecule has 0 bridgehead atoms. The van der Waals surface area contributed by atoms with Crippen LogP contribution >= 0.6 is 11.8 Å². The van der Waals surface area contributed by atoms with Crippen LogP contribution in [0.1, 0.15) is 6.92 Å². The topological polar surface area (TPSA) is 47.6 Å². The maximum atomic E-state index is 5.55. The Morgan fingerprint density at radius 1 is 1.82 bits per heavy atom. The van der Waals surface area contributed by atoms with E-state index in [1.165, 1.54) is 0 Å². The molecule has 0 saturated heterocycles. The van der Waals surface area contributed by atoms with Crippen molar-refractivity contribution >= 4 is 17.6 Å². The summed E-state index contributed by atoms with van der Waals surface area (Å²) in [5, 5.41) is 1.99. The van der Waals surface area contributed by atoms with E-state index >= 15 is 0 Å². The van der Waals surface area contributed by atoms with Crippen molar-refractivity contribution in [3.63, 3.8) is 0 Å². The lowest BCUT2D eigenvalue weighted by Gasteiger charge is -2.14. The first-order valence-corrected chi connectivity index (χ1v) is 4.46. The highest BCUT2D eigenvalue weighted by Crippen LogP contribution is 2.18. The van der Waals surface area contributed by atoms with Gasteiger partial charge in [0.25, 0.3) is 0 Å². The van der Waals surface area contributed by atoms with Gasteiger partial charge in [0.2, 0.25) is 0 Å². The van der Waals surface area contributed by atoms with E-state index < -0.39 is 0 Å². The molecule has 1 aliphatic heterocycles. The number of methoxy groups -OCH3 is 1. The largest absolute Gasteiger partial charge is 0.386 e. The summed E-state index contributed by atoms with van der Waals surface area (Å²) in [5.41, 5.74) is 6.47. The van der Waals surface area contributed by atoms with Gasteiger partial charge in [-0.1, -0.05) is 0 Å². The Labute approximate surface area is 70.7 Å². The zero-order valence-electron chi connectivity index (χ0n) is 6.70. The van der Waals surface area contributed by atoms with Gasteiger partial charge in [0.15, 0.2) is 0 Å². The van der Waals surface area contributed by atoms with Gasteiger partial charge in [0, 0.05) is 7.11 Å². The minimum absolute atomic E-state index is 0.0429. The summed E-state index contributed by atoms with van der Waals surface area (Å²) in [7, 11) is 1.66. The van der Waals surface area contributed by atoms with Crippen molar-refractivity contribution in [2.24, 2.45) is 10.7 Å². The third kappa shape index (κ3) is 2.24. The van der Waals surface area contributed by atoms with Crippen molar-refractivity contribution in [3.05, 3.63) is 11.1 Å². The fraction of sp³-hybridized carbons (Fsp3) is 0.571. The second-order valence-corrected chi connectivity index (χ2v) is 3.19. The summed E-state index contributed by atoms with van der Waals surface area (Å²) in [4.78, 5) is 4.16. The molecule has 62 valence electrons. The Kier molecular flexibility index (Phi) is 2.96. The molecule has 0 spiro atoms. The van der Waals surface area contributed by atoms with E-state index in [0.29, 0.717) is 5.84 Å². The van der Waals surface area contributed by atoms with Crippen LogP contribution < -0.4 is 5.73 Å². The van der Waals surface area contributed by atoms with Crippen molar-refractivity contribution in [2.45, 2.75) is 13.0 Å². The van der Waals surface area contributed by atoms with Crippen LogP contribution in [0.25, 0.3) is 0 Å². The quantitative estimate of drug-likeness (QED) is 0.675. The molecule has 0 aromatic rings. The molecule has 0 saturated carbocycles. The van der Waals surface area contributed by atoms with E-state index in [0.717, 1.165) is 11.4 Å². The summed E-state index contributed by atoms with van der Waals surface area (Å²) in [5.74, 6) is 1.47. The molecule has 0 amide bonds. The van der Waals surface area contributed by atoms with Crippen LogP contribution in [-0.2, 0) is 4.74 Å². The zero-order valence-corrected chi connectivity index (χ0v) is 7.52. The van der Waals surface area contributed by atoms with Gasteiger partial charge in [0.05, 0.1) is 17.6 Å². The van der Waals surface area contributed by atoms with Crippen LogP contribution in [0.15, 0.2) is 16.1 Å². The first-order chi connectivity index (χ1) is 5.24. The number of nitrogens with zero attached hydrogens (tertiary/aromatic N) is 1. The molecule has 0 radical (unpaired) electrons. The second-order valence-electron chi connectivity index (χ2n) is 2.33. The van der Waals surface area contributed by atoms with Crippen molar-refractivity contribution in [1.29, 1.82) is 0 Å². The molecule has 1 unspecified atom stereocenters. The highest BCUT2D eigenvalue weighted by Gasteiger charge is 2.10. The molecular formula is C7H12N2OS. The van der Waals surface area contributed by atoms with Crippen LogP contribution in [0.2, 0.25) is 0 Å². The summed E-state index contributed by atoms with van der Waals surface area (Å²) in [6.45, 7) is 1.95. The highest BCUT2D eigenvalue weighted by atomic mass is 32.2. The number of amidine groups is 1. The molecule has 0 aliphatic carbocycles. The molecule has 0 fully saturated rings. The Morgan fingerprint density at radius 2 is 2.55 bits per heavy atom. The first-order valence-electron chi connectivity index (χ1n) is 3.41. The minimum Gasteiger partial charge on any atom is -0.386 e. The van der Waals surface area contributed by atoms with Crippen molar-refractivity contribution in [1.82, 2.24) is 0 Å². The normalized spacial score (nSPS) is 20.5. The Bertz CT molecular complexity index is 201. The maximum Gasteiger partial charge on any atom is 0.110 e. The Hall–Kier alpha value is -0.480. The van der Waals surface area contributed by atoms with E-state index in [-0.39, 0.29) is 6.10 Å². The van der Waals surface area contributed by atoms with E-state index in [1.54, 1.807) is 18.9 Å². The minimum atomic E-state index is 0.0429. The van der Waals surface area contributed by atoms with Crippen LogP contribution in [-0.4, -0.2) is 24.8 Å². The fourth-order valence-electron chi connectivity index (χ4n) is 0.744. The van der Waals surface area contributed by atoms with Gasteiger partial charge >= 0.3 is 0 Å². The van der Waals surface area contributed by atoms with Crippen LogP contribution in [0.5, 0.6) is 0 Å². The molecule has 3 nitrogen and oxygen atoms in total. The predicted octanol–water partition coefficient (Wildman–Crippen LogP) is 0.967. The molecular weight excluding hydrogens is 160 g/mol. The van der Waals surface area contributed by atoms with Crippen molar-refractivity contribution in [3.8, 4) is 0 Å². The average molecular weight is 172 g/mol. The molecule has 2 N–H and O–H groups in total. The monoisotopic (exact) mass is 172 g/mol.